The van der Waals surface area contributed by atoms with Crippen LogP contribution in [0.3, 0.4) is 0 Å². The summed E-state index contributed by atoms with van der Waals surface area (Å²) < 4.78 is 14.4. The zero-order valence-corrected chi connectivity index (χ0v) is 13.2. The number of allylic oxidation sites excluding steroid dienone is 1. The van der Waals surface area contributed by atoms with Gasteiger partial charge in [-0.3, -0.25) is 4.90 Å². The van der Waals surface area contributed by atoms with Gasteiger partial charge in [-0.05, 0) is 25.3 Å². The number of rotatable bonds is 7. The molecule has 116 valence electrons. The third-order valence-electron chi connectivity index (χ3n) is 4.07. The largest absolute Gasteiger partial charge is 0.314 e. The van der Waals surface area contributed by atoms with Crippen molar-refractivity contribution < 1.29 is 4.39 Å². The second-order valence-electron chi connectivity index (χ2n) is 5.52. The maximum absolute atomic E-state index is 14.4. The van der Waals surface area contributed by atoms with Crippen LogP contribution >= 0.6 is 11.6 Å². The molecule has 21 heavy (non-hydrogen) atoms. The van der Waals surface area contributed by atoms with Gasteiger partial charge in [-0.25, -0.2) is 4.39 Å². The molecule has 0 bridgehead atoms. The van der Waals surface area contributed by atoms with Crippen molar-refractivity contribution in [3.05, 3.63) is 47.3 Å². The maximum Gasteiger partial charge on any atom is 0.146 e. The predicted molar refractivity (Wildman–Crippen MR) is 87.3 cm³/mol. The van der Waals surface area contributed by atoms with Crippen molar-refractivity contribution in [2.24, 2.45) is 0 Å². The van der Waals surface area contributed by atoms with Gasteiger partial charge in [-0.1, -0.05) is 36.2 Å². The number of benzene rings is 1. The average molecular weight is 311 g/mol. The molecule has 1 fully saturated rings. The van der Waals surface area contributed by atoms with E-state index in [2.05, 4.69) is 16.8 Å². The molecular formula is C17H24ClFN2. The van der Waals surface area contributed by atoms with Crippen LogP contribution in [0.4, 0.5) is 4.39 Å². The molecule has 0 saturated carbocycles. The van der Waals surface area contributed by atoms with E-state index in [4.69, 9.17) is 11.6 Å². The Bertz CT molecular complexity index is 458. The van der Waals surface area contributed by atoms with Crippen LogP contribution in [-0.2, 0) is 0 Å². The monoisotopic (exact) mass is 310 g/mol. The predicted octanol–water partition coefficient (Wildman–Crippen LogP) is 4.17. The number of halogens is 2. The van der Waals surface area contributed by atoms with E-state index in [1.807, 2.05) is 18.2 Å². The first kappa shape index (κ1) is 16.5. The quantitative estimate of drug-likeness (QED) is 0.600. The number of hydrogen-bond donors (Lipinski definition) is 1. The fraction of sp³-hybridized carbons (Fsp3) is 0.529. The second-order valence-corrected chi connectivity index (χ2v) is 5.93. The van der Waals surface area contributed by atoms with Crippen LogP contribution in [0.1, 0.15) is 37.3 Å². The molecule has 1 atom stereocenters. The molecule has 0 aromatic heterocycles. The molecule has 1 aliphatic rings. The van der Waals surface area contributed by atoms with Gasteiger partial charge in [0, 0.05) is 37.8 Å². The molecule has 4 heteroatoms. The van der Waals surface area contributed by atoms with E-state index >= 15 is 0 Å². The molecule has 2 rings (SSSR count). The minimum absolute atomic E-state index is 0.121. The van der Waals surface area contributed by atoms with Crippen LogP contribution in [0.2, 0.25) is 5.02 Å². The van der Waals surface area contributed by atoms with E-state index in [9.17, 15) is 4.39 Å². The van der Waals surface area contributed by atoms with Crippen LogP contribution in [0.15, 0.2) is 30.9 Å². The zero-order valence-electron chi connectivity index (χ0n) is 12.5. The average Bonchev–Trinajstić information content (AvgIpc) is 2.52. The van der Waals surface area contributed by atoms with Gasteiger partial charge in [0.2, 0.25) is 0 Å². The summed E-state index contributed by atoms with van der Waals surface area (Å²) in [5, 5.41) is 3.57. The summed E-state index contributed by atoms with van der Waals surface area (Å²) in [5.74, 6) is -0.258. The molecule has 1 aromatic carbocycles. The first-order valence-electron chi connectivity index (χ1n) is 7.73. The van der Waals surface area contributed by atoms with Crippen molar-refractivity contribution in [2.45, 2.75) is 31.7 Å². The molecule has 2 nitrogen and oxygen atoms in total. The van der Waals surface area contributed by atoms with Crippen molar-refractivity contribution >= 4 is 11.6 Å². The summed E-state index contributed by atoms with van der Waals surface area (Å²) in [5.41, 5.74) is 0.739. The van der Waals surface area contributed by atoms with Gasteiger partial charge in [-0.15, -0.1) is 6.58 Å². The highest BCUT2D eigenvalue weighted by atomic mass is 35.5. The van der Waals surface area contributed by atoms with E-state index in [1.54, 1.807) is 6.07 Å². The van der Waals surface area contributed by atoms with Gasteiger partial charge in [0.1, 0.15) is 5.82 Å². The molecular weight excluding hydrogens is 287 g/mol. The van der Waals surface area contributed by atoms with Crippen molar-refractivity contribution in [1.82, 2.24) is 10.2 Å². The van der Waals surface area contributed by atoms with Gasteiger partial charge in [0.25, 0.3) is 0 Å². The van der Waals surface area contributed by atoms with E-state index in [-0.39, 0.29) is 16.9 Å². The lowest BCUT2D eigenvalue weighted by atomic mass is 9.97. The summed E-state index contributed by atoms with van der Waals surface area (Å²) in [6.45, 7) is 7.60. The Morgan fingerprint density at radius 3 is 2.81 bits per heavy atom. The number of nitrogens with zero attached hydrogens (tertiary/aromatic N) is 1. The van der Waals surface area contributed by atoms with E-state index in [1.165, 1.54) is 0 Å². The minimum atomic E-state index is -0.258. The molecule has 0 radical (unpaired) electrons. The Morgan fingerprint density at radius 1 is 1.33 bits per heavy atom. The smallest absolute Gasteiger partial charge is 0.146 e. The number of hydrogen-bond acceptors (Lipinski definition) is 2. The summed E-state index contributed by atoms with van der Waals surface area (Å²) >= 11 is 5.96. The molecule has 1 saturated heterocycles. The third kappa shape index (κ3) is 4.53. The van der Waals surface area contributed by atoms with Crippen molar-refractivity contribution in [3.63, 3.8) is 0 Å². The number of piperazine rings is 1. The lowest BCUT2D eigenvalue weighted by molar-refractivity contribution is 0.160. The van der Waals surface area contributed by atoms with Gasteiger partial charge in [0.15, 0.2) is 0 Å². The lowest BCUT2D eigenvalue weighted by Crippen LogP contribution is -2.45. The van der Waals surface area contributed by atoms with Crippen molar-refractivity contribution in [1.29, 1.82) is 0 Å². The summed E-state index contributed by atoms with van der Waals surface area (Å²) in [6, 6.07) is 5.46. The van der Waals surface area contributed by atoms with Crippen molar-refractivity contribution in [3.8, 4) is 0 Å². The van der Waals surface area contributed by atoms with Crippen molar-refractivity contribution in [2.75, 3.05) is 26.2 Å². The van der Waals surface area contributed by atoms with Crippen LogP contribution in [-0.4, -0.2) is 31.1 Å². The van der Waals surface area contributed by atoms with E-state index in [0.717, 1.165) is 57.4 Å². The molecule has 0 aliphatic carbocycles. The molecule has 1 heterocycles. The number of nitrogens with one attached hydrogen (secondary N) is 1. The lowest BCUT2D eigenvalue weighted by Gasteiger charge is -2.35. The maximum atomic E-state index is 14.4. The first-order valence-corrected chi connectivity index (χ1v) is 8.11. The Hall–Kier alpha value is -0.900. The SMILES string of the molecule is C=CCCCC[C@@H](c1cccc(Cl)c1F)N1CCNCC1. The van der Waals surface area contributed by atoms with E-state index in [0.29, 0.717) is 0 Å². The van der Waals surface area contributed by atoms with Crippen LogP contribution in [0.25, 0.3) is 0 Å². The Morgan fingerprint density at radius 2 is 2.10 bits per heavy atom. The highest BCUT2D eigenvalue weighted by Gasteiger charge is 2.24. The summed E-state index contributed by atoms with van der Waals surface area (Å²) in [7, 11) is 0. The summed E-state index contributed by atoms with van der Waals surface area (Å²) in [4.78, 5) is 2.37. The first-order chi connectivity index (χ1) is 10.2. The van der Waals surface area contributed by atoms with Gasteiger partial charge < -0.3 is 5.32 Å². The van der Waals surface area contributed by atoms with Crippen LogP contribution < -0.4 is 5.32 Å². The highest BCUT2D eigenvalue weighted by molar-refractivity contribution is 6.30. The molecule has 0 amide bonds. The number of unbranched alkanes of at least 4 members (excludes halogenated alkanes) is 2. The second kappa shape index (κ2) is 8.52. The molecule has 0 unspecified atom stereocenters. The minimum Gasteiger partial charge on any atom is -0.314 e. The Kier molecular flexibility index (Phi) is 6.68. The molecule has 1 aromatic rings. The zero-order chi connectivity index (χ0) is 15.1. The van der Waals surface area contributed by atoms with Gasteiger partial charge in [-0.2, -0.15) is 0 Å². The van der Waals surface area contributed by atoms with Crippen LogP contribution in [0.5, 0.6) is 0 Å². The molecule has 0 spiro atoms. The van der Waals surface area contributed by atoms with E-state index < -0.39 is 0 Å². The highest BCUT2D eigenvalue weighted by Crippen LogP contribution is 2.31. The van der Waals surface area contributed by atoms with Gasteiger partial charge in [0.05, 0.1) is 5.02 Å². The summed E-state index contributed by atoms with van der Waals surface area (Å²) in [6.07, 6.45) is 6.11. The van der Waals surface area contributed by atoms with Gasteiger partial charge >= 0.3 is 0 Å². The Balaban J connectivity index is 2.13. The molecule has 1 aliphatic heterocycles. The third-order valence-corrected chi connectivity index (χ3v) is 4.36. The fourth-order valence-corrected chi connectivity index (χ4v) is 3.11. The Labute approximate surface area is 132 Å². The fourth-order valence-electron chi connectivity index (χ4n) is 2.93. The topological polar surface area (TPSA) is 15.3 Å². The molecule has 1 N–H and O–H groups in total. The normalized spacial score (nSPS) is 17.6. The standard InChI is InChI=1S/C17H24ClFN2/c1-2-3-4-5-9-16(21-12-10-20-11-13-21)14-7-6-8-15(18)17(14)19/h2,6-8,16,20H,1,3-5,9-13H2/t16-/m0/s1. The van der Waals surface area contributed by atoms with Crippen LogP contribution in [0, 0.1) is 5.82 Å².